The first-order valence-corrected chi connectivity index (χ1v) is 4.54. The summed E-state index contributed by atoms with van der Waals surface area (Å²) in [6.07, 6.45) is -1.97. The smallest absolute Gasteiger partial charge is 0.280 e. The van der Waals surface area contributed by atoms with E-state index >= 15 is 0 Å². The molecule has 13 heavy (non-hydrogen) atoms. The maximum atomic E-state index is 12.2. The second kappa shape index (κ2) is 4.08. The van der Waals surface area contributed by atoms with Gasteiger partial charge in [-0.25, -0.2) is 8.78 Å². The van der Waals surface area contributed by atoms with Gasteiger partial charge in [-0.3, -0.25) is 9.78 Å². The van der Waals surface area contributed by atoms with E-state index in [1.54, 1.807) is 0 Å². The van der Waals surface area contributed by atoms with Gasteiger partial charge in [0.05, 0.1) is 0 Å². The number of halogens is 3. The minimum Gasteiger partial charge on any atom is -0.298 e. The number of aromatic nitrogens is 1. The van der Waals surface area contributed by atoms with Gasteiger partial charge in [-0.15, -0.1) is 0 Å². The Kier molecular flexibility index (Phi) is 3.29. The molecule has 1 heterocycles. The Balaban J connectivity index is 3.28. The zero-order chi connectivity index (χ0) is 10.0. The molecular formula is C8H6F2INO. The van der Waals surface area contributed by atoms with Crippen LogP contribution < -0.4 is 0 Å². The Morgan fingerprint density at radius 3 is 2.62 bits per heavy atom. The van der Waals surface area contributed by atoms with Crippen LogP contribution >= 0.6 is 22.6 Å². The van der Waals surface area contributed by atoms with Crippen molar-refractivity contribution in [2.45, 2.75) is 13.3 Å². The lowest BCUT2D eigenvalue weighted by atomic mass is 10.2. The first kappa shape index (κ1) is 10.5. The third kappa shape index (κ3) is 2.20. The Morgan fingerprint density at radius 1 is 1.62 bits per heavy atom. The van der Waals surface area contributed by atoms with E-state index in [2.05, 4.69) is 4.98 Å². The third-order valence-electron chi connectivity index (χ3n) is 1.56. The van der Waals surface area contributed by atoms with E-state index in [-0.39, 0.29) is 5.69 Å². The molecule has 0 amide bonds. The van der Waals surface area contributed by atoms with E-state index in [0.29, 0.717) is 21.1 Å². The van der Waals surface area contributed by atoms with Crippen LogP contribution in [0, 0.1) is 10.5 Å². The highest BCUT2D eigenvalue weighted by Crippen LogP contribution is 2.21. The molecule has 2 nitrogen and oxygen atoms in total. The fraction of sp³-hybridized carbons (Fsp3) is 0.250. The van der Waals surface area contributed by atoms with E-state index in [9.17, 15) is 13.6 Å². The van der Waals surface area contributed by atoms with E-state index < -0.39 is 6.43 Å². The van der Waals surface area contributed by atoms with Gasteiger partial charge in [-0.1, -0.05) is 0 Å². The molecule has 5 heteroatoms. The van der Waals surface area contributed by atoms with Crippen LogP contribution in [0.4, 0.5) is 8.78 Å². The first-order valence-electron chi connectivity index (χ1n) is 3.46. The number of carbonyl (C=O) groups excluding carboxylic acids is 1. The highest BCUT2D eigenvalue weighted by Gasteiger charge is 2.13. The van der Waals surface area contributed by atoms with E-state index in [4.69, 9.17) is 0 Å². The molecule has 1 rings (SSSR count). The predicted molar refractivity (Wildman–Crippen MR) is 52.0 cm³/mol. The molecule has 0 N–H and O–H groups in total. The fourth-order valence-corrected chi connectivity index (χ4v) is 1.76. The molecule has 0 saturated carbocycles. The Morgan fingerprint density at radius 2 is 2.23 bits per heavy atom. The molecule has 0 unspecified atom stereocenters. The van der Waals surface area contributed by atoms with Gasteiger partial charge in [0.15, 0.2) is 6.29 Å². The van der Waals surface area contributed by atoms with Crippen molar-refractivity contribution in [2.24, 2.45) is 0 Å². The molecule has 0 saturated heterocycles. The maximum absolute atomic E-state index is 12.2. The van der Waals surface area contributed by atoms with Crippen LogP contribution in [0.25, 0.3) is 0 Å². The number of pyridine rings is 1. The van der Waals surface area contributed by atoms with Crippen molar-refractivity contribution in [3.63, 3.8) is 0 Å². The zero-order valence-corrected chi connectivity index (χ0v) is 8.88. The monoisotopic (exact) mass is 297 g/mol. The zero-order valence-electron chi connectivity index (χ0n) is 6.72. The van der Waals surface area contributed by atoms with Gasteiger partial charge < -0.3 is 0 Å². The summed E-state index contributed by atoms with van der Waals surface area (Å²) in [5.41, 5.74) is 0.440. The molecule has 0 aliphatic carbocycles. The molecule has 0 aliphatic heterocycles. The molecule has 70 valence electrons. The molecule has 1 aromatic heterocycles. The van der Waals surface area contributed by atoms with Crippen LogP contribution in [0.3, 0.4) is 0 Å². The lowest BCUT2D eigenvalue weighted by Crippen LogP contribution is -2.00. The Bertz CT molecular complexity index is 318. The van der Waals surface area contributed by atoms with Gasteiger partial charge >= 0.3 is 0 Å². The highest BCUT2D eigenvalue weighted by molar-refractivity contribution is 14.1. The number of hydrogen-bond acceptors (Lipinski definition) is 2. The summed E-state index contributed by atoms with van der Waals surface area (Å²) >= 11 is 1.84. The molecular weight excluding hydrogens is 291 g/mol. The van der Waals surface area contributed by atoms with Gasteiger partial charge in [0.1, 0.15) is 5.69 Å². The van der Waals surface area contributed by atoms with Crippen molar-refractivity contribution in [3.05, 3.63) is 26.6 Å². The van der Waals surface area contributed by atoms with Crippen molar-refractivity contribution in [1.82, 2.24) is 4.98 Å². The SMILES string of the molecule is Cc1nc(C(F)F)cc(I)c1C=O. The molecule has 0 bridgehead atoms. The van der Waals surface area contributed by atoms with E-state index in [1.807, 2.05) is 22.6 Å². The average Bonchev–Trinajstić information content (AvgIpc) is 2.03. The van der Waals surface area contributed by atoms with Gasteiger partial charge in [0, 0.05) is 14.8 Å². The number of rotatable bonds is 2. The summed E-state index contributed by atoms with van der Waals surface area (Å²) in [4.78, 5) is 14.1. The van der Waals surface area contributed by atoms with E-state index in [1.165, 1.54) is 13.0 Å². The van der Waals surface area contributed by atoms with Crippen LogP contribution in [0.1, 0.15) is 28.2 Å². The summed E-state index contributed by atoms with van der Waals surface area (Å²) in [6.45, 7) is 1.54. The van der Waals surface area contributed by atoms with Crippen LogP contribution in [0.2, 0.25) is 0 Å². The van der Waals surface area contributed by atoms with Crippen LogP contribution in [0.5, 0.6) is 0 Å². The second-order valence-corrected chi connectivity index (χ2v) is 3.61. The van der Waals surface area contributed by atoms with Gasteiger partial charge in [-0.2, -0.15) is 0 Å². The normalized spacial score (nSPS) is 10.5. The fourth-order valence-electron chi connectivity index (χ4n) is 0.920. The van der Waals surface area contributed by atoms with Crippen molar-refractivity contribution in [1.29, 1.82) is 0 Å². The number of aryl methyl sites for hydroxylation is 1. The Hall–Kier alpha value is -0.590. The average molecular weight is 297 g/mol. The van der Waals surface area contributed by atoms with Crippen molar-refractivity contribution >= 4 is 28.9 Å². The summed E-state index contributed by atoms with van der Waals surface area (Å²) < 4.78 is 24.9. The van der Waals surface area contributed by atoms with Crippen molar-refractivity contribution < 1.29 is 13.6 Å². The van der Waals surface area contributed by atoms with Crippen LogP contribution in [0.15, 0.2) is 6.07 Å². The third-order valence-corrected chi connectivity index (χ3v) is 2.45. The molecule has 0 aliphatic rings. The lowest BCUT2D eigenvalue weighted by molar-refractivity contribution is 0.112. The minimum absolute atomic E-state index is 0.285. The summed E-state index contributed by atoms with van der Waals surface area (Å²) in [6, 6.07) is 1.22. The second-order valence-electron chi connectivity index (χ2n) is 2.45. The summed E-state index contributed by atoms with van der Waals surface area (Å²) in [7, 11) is 0. The summed E-state index contributed by atoms with van der Waals surface area (Å²) in [5.74, 6) is 0. The molecule has 0 atom stereocenters. The lowest BCUT2D eigenvalue weighted by Gasteiger charge is -2.04. The van der Waals surface area contributed by atoms with Crippen LogP contribution in [-0.4, -0.2) is 11.3 Å². The molecule has 0 aromatic carbocycles. The topological polar surface area (TPSA) is 30.0 Å². The van der Waals surface area contributed by atoms with Gasteiger partial charge in [-0.05, 0) is 35.6 Å². The van der Waals surface area contributed by atoms with Gasteiger partial charge in [0.25, 0.3) is 6.43 Å². The van der Waals surface area contributed by atoms with Crippen LogP contribution in [-0.2, 0) is 0 Å². The standard InChI is InChI=1S/C8H6F2INO/c1-4-5(3-13)6(11)2-7(12-4)8(9)10/h2-3,8H,1H3. The number of nitrogens with zero attached hydrogens (tertiary/aromatic N) is 1. The Labute approximate surface area is 87.5 Å². The summed E-state index contributed by atoms with van der Waals surface area (Å²) in [5, 5.41) is 0. The number of carbonyl (C=O) groups is 1. The molecule has 0 spiro atoms. The van der Waals surface area contributed by atoms with E-state index in [0.717, 1.165) is 0 Å². The molecule has 1 aromatic rings. The number of alkyl halides is 2. The largest absolute Gasteiger partial charge is 0.298 e. The van der Waals surface area contributed by atoms with Gasteiger partial charge in [0.2, 0.25) is 0 Å². The minimum atomic E-state index is -2.59. The highest BCUT2D eigenvalue weighted by atomic mass is 127. The quantitative estimate of drug-likeness (QED) is 0.620. The maximum Gasteiger partial charge on any atom is 0.280 e. The number of hydrogen-bond donors (Lipinski definition) is 0. The predicted octanol–water partition coefficient (Wildman–Crippen LogP) is 2.74. The van der Waals surface area contributed by atoms with Crippen molar-refractivity contribution in [2.75, 3.05) is 0 Å². The van der Waals surface area contributed by atoms with Crippen molar-refractivity contribution in [3.8, 4) is 0 Å². The first-order chi connectivity index (χ1) is 6.06. The number of aldehydes is 1. The molecule has 0 radical (unpaired) electrons. The molecule has 0 fully saturated rings.